The lowest BCUT2D eigenvalue weighted by Gasteiger charge is -2.13. The van der Waals surface area contributed by atoms with E-state index < -0.39 is 23.4 Å². The maximum Gasteiger partial charge on any atom is 0.436 e. The number of oxazole rings is 1. The third kappa shape index (κ3) is 4.00. The molecule has 1 N–H and O–H groups in total. The van der Waals surface area contributed by atoms with Gasteiger partial charge in [0.25, 0.3) is 0 Å². The minimum atomic E-state index is -4.90. The number of hydrogen-bond donors (Lipinski definition) is 1. The van der Waals surface area contributed by atoms with Crippen LogP contribution >= 0.6 is 0 Å². The normalized spacial score (nSPS) is 11.8. The number of aromatic carboxylic acids is 1. The van der Waals surface area contributed by atoms with Crippen LogP contribution in [-0.2, 0) is 6.18 Å². The van der Waals surface area contributed by atoms with Crippen LogP contribution < -0.4 is 4.74 Å². The fourth-order valence-electron chi connectivity index (χ4n) is 2.46. The van der Waals surface area contributed by atoms with Crippen LogP contribution in [0.2, 0.25) is 0 Å². The Hall–Kier alpha value is -3.30. The largest absolute Gasteiger partial charge is 0.493 e. The van der Waals surface area contributed by atoms with Crippen LogP contribution in [0.3, 0.4) is 0 Å². The number of alkyl halides is 3. The zero-order chi connectivity index (χ0) is 20.5. The van der Waals surface area contributed by atoms with Crippen molar-refractivity contribution in [2.45, 2.75) is 20.0 Å². The molecule has 0 aliphatic rings. The molecular weight excluding hydrogens is 379 g/mol. The van der Waals surface area contributed by atoms with E-state index in [1.165, 1.54) is 24.7 Å². The lowest BCUT2D eigenvalue weighted by atomic mass is 10.1. The molecule has 0 atom stereocenters. The van der Waals surface area contributed by atoms with Crippen molar-refractivity contribution < 1.29 is 32.2 Å². The van der Waals surface area contributed by atoms with Gasteiger partial charge < -0.3 is 14.3 Å². The average molecular weight is 395 g/mol. The standard InChI is InChI=1S/C18H16F3N3O4/c1-10(2)8-27-14-4-3-11(5-12(14)15-6-22-9-28-15)24-7-13(17(25)26)16(23-24)18(19,20)21/h3-7,9-10H,8H2,1-2H3,(H,25,26). The number of carbonyl (C=O) groups is 1. The summed E-state index contributed by atoms with van der Waals surface area (Å²) >= 11 is 0. The summed E-state index contributed by atoms with van der Waals surface area (Å²) in [6.45, 7) is 4.36. The van der Waals surface area contributed by atoms with Crippen molar-refractivity contribution in [3.8, 4) is 22.8 Å². The van der Waals surface area contributed by atoms with Gasteiger partial charge >= 0.3 is 12.1 Å². The zero-order valence-corrected chi connectivity index (χ0v) is 14.9. The predicted molar refractivity (Wildman–Crippen MR) is 91.4 cm³/mol. The van der Waals surface area contributed by atoms with Gasteiger partial charge in [0.1, 0.15) is 11.3 Å². The fraction of sp³-hybridized carbons (Fsp3) is 0.278. The summed E-state index contributed by atoms with van der Waals surface area (Å²) in [6.07, 6.45) is -1.42. The molecule has 2 heterocycles. The maximum atomic E-state index is 13.1. The highest BCUT2D eigenvalue weighted by Crippen LogP contribution is 2.34. The average Bonchev–Trinajstić information content (AvgIpc) is 3.29. The number of nitrogens with zero attached hydrogens (tertiary/aromatic N) is 3. The molecule has 0 fully saturated rings. The quantitative estimate of drug-likeness (QED) is 0.670. The van der Waals surface area contributed by atoms with E-state index >= 15 is 0 Å². The number of carboxylic acid groups (broad SMARTS) is 1. The second kappa shape index (κ2) is 7.37. The molecule has 0 aliphatic heterocycles. The second-order valence-corrected chi connectivity index (χ2v) is 6.39. The van der Waals surface area contributed by atoms with E-state index in [1.807, 2.05) is 13.8 Å². The first-order chi connectivity index (χ1) is 13.2. The number of hydrogen-bond acceptors (Lipinski definition) is 5. The summed E-state index contributed by atoms with van der Waals surface area (Å²) in [5.74, 6) is -0.662. The van der Waals surface area contributed by atoms with E-state index in [4.69, 9.17) is 14.3 Å². The van der Waals surface area contributed by atoms with Crippen molar-refractivity contribution in [1.82, 2.24) is 14.8 Å². The molecule has 0 spiro atoms. The van der Waals surface area contributed by atoms with Crippen LogP contribution in [0, 0.1) is 5.92 Å². The first kappa shape index (κ1) is 19.5. The Labute approximate surface area is 157 Å². The van der Waals surface area contributed by atoms with Crippen molar-refractivity contribution in [3.63, 3.8) is 0 Å². The predicted octanol–water partition coefficient (Wildman–Crippen LogP) is 4.28. The molecule has 0 bridgehead atoms. The van der Waals surface area contributed by atoms with Crippen molar-refractivity contribution in [1.29, 1.82) is 0 Å². The third-order valence-electron chi connectivity index (χ3n) is 3.71. The van der Waals surface area contributed by atoms with E-state index in [2.05, 4.69) is 10.1 Å². The second-order valence-electron chi connectivity index (χ2n) is 6.39. The van der Waals surface area contributed by atoms with Crippen molar-refractivity contribution in [2.24, 2.45) is 5.92 Å². The Kier molecular flexibility index (Phi) is 5.12. The lowest BCUT2D eigenvalue weighted by Crippen LogP contribution is -2.12. The van der Waals surface area contributed by atoms with Crippen molar-refractivity contribution in [3.05, 3.63) is 48.2 Å². The van der Waals surface area contributed by atoms with Gasteiger partial charge in [0, 0.05) is 6.20 Å². The Morgan fingerprint density at radius 3 is 2.64 bits per heavy atom. The number of benzene rings is 1. The minimum Gasteiger partial charge on any atom is -0.493 e. The van der Waals surface area contributed by atoms with E-state index in [-0.39, 0.29) is 11.6 Å². The molecular formula is C18H16F3N3O4. The van der Waals surface area contributed by atoms with Gasteiger partial charge in [-0.25, -0.2) is 14.5 Å². The van der Waals surface area contributed by atoms with Crippen LogP contribution in [0.15, 0.2) is 41.4 Å². The van der Waals surface area contributed by atoms with E-state index in [0.717, 1.165) is 10.9 Å². The Balaban J connectivity index is 2.08. The van der Waals surface area contributed by atoms with Gasteiger partial charge in [0.15, 0.2) is 17.8 Å². The first-order valence-electron chi connectivity index (χ1n) is 8.23. The summed E-state index contributed by atoms with van der Waals surface area (Å²) in [7, 11) is 0. The summed E-state index contributed by atoms with van der Waals surface area (Å²) < 4.78 is 51.2. The van der Waals surface area contributed by atoms with Gasteiger partial charge in [-0.3, -0.25) is 0 Å². The number of carboxylic acids is 1. The zero-order valence-electron chi connectivity index (χ0n) is 14.9. The number of ether oxygens (including phenoxy) is 1. The van der Waals surface area contributed by atoms with Gasteiger partial charge in [-0.15, -0.1) is 0 Å². The van der Waals surface area contributed by atoms with E-state index in [1.54, 1.807) is 6.07 Å². The molecule has 3 rings (SSSR count). The van der Waals surface area contributed by atoms with E-state index in [0.29, 0.717) is 23.7 Å². The van der Waals surface area contributed by atoms with E-state index in [9.17, 15) is 18.0 Å². The molecule has 0 aliphatic carbocycles. The van der Waals surface area contributed by atoms with Crippen LogP contribution in [0.4, 0.5) is 13.2 Å². The molecule has 3 aromatic rings. The van der Waals surface area contributed by atoms with Gasteiger partial charge in [-0.1, -0.05) is 13.8 Å². The highest BCUT2D eigenvalue weighted by Gasteiger charge is 2.39. The van der Waals surface area contributed by atoms with Crippen molar-refractivity contribution in [2.75, 3.05) is 6.61 Å². The highest BCUT2D eigenvalue weighted by atomic mass is 19.4. The molecule has 10 heteroatoms. The fourth-order valence-corrected chi connectivity index (χ4v) is 2.46. The van der Waals surface area contributed by atoms with Crippen LogP contribution in [0.1, 0.15) is 29.9 Å². The summed E-state index contributed by atoms with van der Waals surface area (Å²) in [5, 5.41) is 12.5. The first-order valence-corrected chi connectivity index (χ1v) is 8.23. The molecule has 0 radical (unpaired) electrons. The van der Waals surface area contributed by atoms with Crippen molar-refractivity contribution >= 4 is 5.97 Å². The molecule has 2 aromatic heterocycles. The Morgan fingerprint density at radius 1 is 1.36 bits per heavy atom. The SMILES string of the molecule is CC(C)COc1ccc(-n2cc(C(=O)O)c(C(F)(F)F)n2)cc1-c1cnco1. The molecule has 0 amide bonds. The van der Waals surface area contributed by atoms with Crippen LogP contribution in [0.25, 0.3) is 17.0 Å². The third-order valence-corrected chi connectivity index (χ3v) is 3.71. The monoisotopic (exact) mass is 395 g/mol. The van der Waals surface area contributed by atoms with Gasteiger partial charge in [0.2, 0.25) is 0 Å². The molecule has 1 aromatic carbocycles. The summed E-state index contributed by atoms with van der Waals surface area (Å²) in [4.78, 5) is 15.0. The maximum absolute atomic E-state index is 13.1. The molecule has 0 saturated carbocycles. The summed E-state index contributed by atoms with van der Waals surface area (Å²) in [5.41, 5.74) is -1.74. The smallest absolute Gasteiger partial charge is 0.436 e. The van der Waals surface area contributed by atoms with Gasteiger partial charge in [-0.2, -0.15) is 18.3 Å². The molecule has 148 valence electrons. The Morgan fingerprint density at radius 2 is 2.11 bits per heavy atom. The van der Waals surface area contributed by atoms with Gasteiger partial charge in [-0.05, 0) is 24.1 Å². The Bertz CT molecular complexity index is 979. The topological polar surface area (TPSA) is 90.4 Å². The van der Waals surface area contributed by atoms with Crippen LogP contribution in [0.5, 0.6) is 5.75 Å². The van der Waals surface area contributed by atoms with Gasteiger partial charge in [0.05, 0.1) is 24.1 Å². The highest BCUT2D eigenvalue weighted by molar-refractivity contribution is 5.89. The summed E-state index contributed by atoms with van der Waals surface area (Å²) in [6, 6.07) is 4.54. The molecule has 0 saturated heterocycles. The molecule has 0 unspecified atom stereocenters. The molecule has 28 heavy (non-hydrogen) atoms. The molecule has 7 nitrogen and oxygen atoms in total. The number of aromatic nitrogens is 3. The number of rotatable bonds is 6. The van der Waals surface area contributed by atoms with Crippen LogP contribution in [-0.4, -0.2) is 32.4 Å². The number of halogens is 3. The minimum absolute atomic E-state index is 0.210. The lowest BCUT2D eigenvalue weighted by molar-refractivity contribution is -0.141.